The Labute approximate surface area is 171 Å². The van der Waals surface area contributed by atoms with Gasteiger partial charge in [-0.15, -0.1) is 0 Å². The molecule has 150 valence electrons. The zero-order chi connectivity index (χ0) is 20.1. The normalized spacial score (nSPS) is 28.0. The number of fused-ring (bicyclic) bond motifs is 1. The van der Waals surface area contributed by atoms with Gasteiger partial charge in [0.2, 0.25) is 0 Å². The summed E-state index contributed by atoms with van der Waals surface area (Å²) < 4.78 is 19.5. The van der Waals surface area contributed by atoms with Crippen molar-refractivity contribution in [3.63, 3.8) is 0 Å². The Morgan fingerprint density at radius 1 is 1.30 bits per heavy atom. The van der Waals surface area contributed by atoms with Gasteiger partial charge in [0, 0.05) is 0 Å². The van der Waals surface area contributed by atoms with Crippen LogP contribution in [0, 0.1) is 6.92 Å². The van der Waals surface area contributed by atoms with Gasteiger partial charge in [-0.2, -0.15) is 0 Å². The monoisotopic (exact) mass is 478 g/mol. The molecule has 0 aromatic carbocycles. The first-order valence-corrected chi connectivity index (χ1v) is 14.2. The molecule has 2 fully saturated rings. The van der Waals surface area contributed by atoms with Gasteiger partial charge in [0.15, 0.2) is 0 Å². The van der Waals surface area contributed by atoms with Gasteiger partial charge < -0.3 is 0 Å². The fraction of sp³-hybridized carbons (Fsp3) is 0.706. The van der Waals surface area contributed by atoms with Crippen molar-refractivity contribution < 1.29 is 13.9 Å². The number of H-pyrrole nitrogens is 1. The van der Waals surface area contributed by atoms with Crippen LogP contribution in [0.4, 0.5) is 0 Å². The Morgan fingerprint density at radius 2 is 1.93 bits per heavy atom. The van der Waals surface area contributed by atoms with Crippen molar-refractivity contribution in [2.24, 2.45) is 0 Å². The number of hydrogen-bond acceptors (Lipinski definition) is 6. The van der Waals surface area contributed by atoms with Crippen molar-refractivity contribution in [3.05, 3.63) is 32.6 Å². The summed E-state index contributed by atoms with van der Waals surface area (Å²) in [5, 5.41) is 0.240. The van der Waals surface area contributed by atoms with E-state index in [0.717, 1.165) is 0 Å². The summed E-state index contributed by atoms with van der Waals surface area (Å²) in [6.45, 7) is 13.3. The fourth-order valence-electron chi connectivity index (χ4n) is 2.87. The second-order valence-electron chi connectivity index (χ2n) is 8.53. The van der Waals surface area contributed by atoms with E-state index in [-0.39, 0.29) is 52.8 Å². The number of aromatic amines is 1. The van der Waals surface area contributed by atoms with Crippen molar-refractivity contribution in [1.82, 2.24) is 9.55 Å². The molecule has 27 heavy (non-hydrogen) atoms. The van der Waals surface area contributed by atoms with Crippen molar-refractivity contribution in [2.75, 3.05) is 6.61 Å². The zero-order valence-electron chi connectivity index (χ0n) is 16.4. The number of nitrogens with zero attached hydrogens (tertiary/aromatic N) is 1. The molecular formula is C17H26N2O5SSeSi. The summed E-state index contributed by atoms with van der Waals surface area (Å²) in [6, 6.07) is 0. The number of thiocarbonyl (C=S) groups is 1. The average Bonchev–Trinajstić information content (AvgIpc) is 3.06. The molecular weight excluding hydrogens is 451 g/mol. The molecule has 2 aliphatic heterocycles. The molecule has 0 spiro atoms. The summed E-state index contributed by atoms with van der Waals surface area (Å²) >= 11 is 5.10. The van der Waals surface area contributed by atoms with Crippen molar-refractivity contribution in [1.29, 1.82) is 0 Å². The third kappa shape index (κ3) is 3.96. The number of nitrogens with one attached hydrogen (secondary N) is 1. The maximum atomic E-state index is 12.4. The van der Waals surface area contributed by atoms with Crippen LogP contribution in [-0.4, -0.2) is 56.9 Å². The van der Waals surface area contributed by atoms with E-state index in [2.05, 4.69) is 38.8 Å². The molecule has 0 aliphatic carbocycles. The molecule has 1 N–H and O–H groups in total. The average molecular weight is 478 g/mol. The van der Waals surface area contributed by atoms with Crippen molar-refractivity contribution in [2.45, 2.75) is 67.8 Å². The molecule has 2 saturated heterocycles. The number of aromatic nitrogens is 2. The van der Waals surface area contributed by atoms with Gasteiger partial charge in [-0.05, 0) is 0 Å². The Balaban J connectivity index is 1.85. The molecule has 0 amide bonds. The summed E-state index contributed by atoms with van der Waals surface area (Å²) in [5.41, 5.74) is -0.303. The van der Waals surface area contributed by atoms with Gasteiger partial charge in [-0.3, -0.25) is 0 Å². The van der Waals surface area contributed by atoms with E-state index >= 15 is 0 Å². The first-order chi connectivity index (χ1) is 12.4. The van der Waals surface area contributed by atoms with E-state index in [0.29, 0.717) is 12.2 Å². The van der Waals surface area contributed by atoms with Crippen LogP contribution in [-0.2, 0) is 13.9 Å². The Morgan fingerprint density at radius 3 is 2.56 bits per heavy atom. The number of aryl methyl sites for hydroxylation is 1. The molecule has 4 atom stereocenters. The summed E-state index contributed by atoms with van der Waals surface area (Å²) in [4.78, 5) is 26.4. The molecule has 0 bridgehead atoms. The van der Waals surface area contributed by atoms with E-state index in [1.807, 2.05) is 0 Å². The zero-order valence-corrected chi connectivity index (χ0v) is 19.9. The van der Waals surface area contributed by atoms with Crippen LogP contribution < -0.4 is 11.2 Å². The SMILES string of the molecule is Cc1cn([C@@H]2[Se][C@H](CO[Si](C)(C)C(C)(C)C)[C@H]3OC(=S)O[C@H]32)c(=O)[nH]c1=O. The number of ether oxygens (including phenoxy) is 2. The first kappa shape index (κ1) is 20.8. The molecule has 1 aromatic heterocycles. The van der Waals surface area contributed by atoms with Crippen LogP contribution in [0.5, 0.6) is 0 Å². The quantitative estimate of drug-likeness (QED) is 0.527. The van der Waals surface area contributed by atoms with E-state index in [4.69, 9.17) is 26.1 Å². The van der Waals surface area contributed by atoms with Crippen LogP contribution in [0.15, 0.2) is 15.8 Å². The van der Waals surface area contributed by atoms with Gasteiger partial charge in [0.25, 0.3) is 0 Å². The molecule has 3 rings (SSSR count). The summed E-state index contributed by atoms with van der Waals surface area (Å²) in [5.74, 6) is 0. The van der Waals surface area contributed by atoms with Gasteiger partial charge in [-0.25, -0.2) is 0 Å². The predicted molar refractivity (Wildman–Crippen MR) is 110 cm³/mol. The maximum absolute atomic E-state index is 12.4. The molecule has 1 aromatic rings. The van der Waals surface area contributed by atoms with Gasteiger partial charge in [0.05, 0.1) is 0 Å². The molecule has 2 aliphatic rings. The van der Waals surface area contributed by atoms with Gasteiger partial charge in [-0.1, -0.05) is 0 Å². The van der Waals surface area contributed by atoms with Gasteiger partial charge >= 0.3 is 171 Å². The van der Waals surface area contributed by atoms with Crippen LogP contribution in [0.25, 0.3) is 0 Å². The van der Waals surface area contributed by atoms with E-state index in [1.54, 1.807) is 17.7 Å². The Kier molecular flexibility index (Phi) is 5.50. The van der Waals surface area contributed by atoms with E-state index < -0.39 is 14.0 Å². The van der Waals surface area contributed by atoms with Crippen LogP contribution >= 0.6 is 12.2 Å². The van der Waals surface area contributed by atoms with Gasteiger partial charge in [0.1, 0.15) is 0 Å². The topological polar surface area (TPSA) is 82.6 Å². The molecule has 10 heteroatoms. The predicted octanol–water partition coefficient (Wildman–Crippen LogP) is 1.94. The van der Waals surface area contributed by atoms with E-state index in [9.17, 15) is 9.59 Å². The minimum atomic E-state index is -1.90. The number of rotatable bonds is 4. The second-order valence-corrected chi connectivity index (χ2v) is 16.5. The fourth-order valence-corrected chi connectivity index (χ4v) is 7.58. The Hall–Kier alpha value is -0.934. The van der Waals surface area contributed by atoms with Crippen molar-refractivity contribution in [3.8, 4) is 0 Å². The minimum absolute atomic E-state index is 0.0117. The molecule has 0 saturated carbocycles. The standard InChI is InChI=1S/C17H26N2O5SSeSi/c1-9-7-19(15(21)18-13(9)20)14-12-11(23-16(25)24-12)10(26-14)8-22-27(5,6)17(2,3)4/h7,10-12,14H,8H2,1-6H3,(H,18,20,21)/t10-,11-,12-,14-/m1/s1. The molecule has 7 nitrogen and oxygen atoms in total. The summed E-state index contributed by atoms with van der Waals surface area (Å²) in [7, 11) is -1.90. The number of hydrogen-bond donors (Lipinski definition) is 1. The molecule has 0 radical (unpaired) electrons. The van der Waals surface area contributed by atoms with Crippen molar-refractivity contribution >= 4 is 40.7 Å². The molecule has 3 heterocycles. The molecule has 0 unspecified atom stereocenters. The Bertz CT molecular complexity index is 862. The first-order valence-electron chi connectivity index (χ1n) is 8.89. The van der Waals surface area contributed by atoms with Crippen LogP contribution in [0.2, 0.25) is 22.9 Å². The summed E-state index contributed by atoms with van der Waals surface area (Å²) in [6.07, 6.45) is 1.06. The van der Waals surface area contributed by atoms with Crippen LogP contribution in [0.3, 0.4) is 0 Å². The third-order valence-corrected chi connectivity index (χ3v) is 13.5. The second kappa shape index (κ2) is 7.15. The third-order valence-electron chi connectivity index (χ3n) is 5.58. The van der Waals surface area contributed by atoms with Crippen LogP contribution in [0.1, 0.15) is 31.3 Å². The van der Waals surface area contributed by atoms with E-state index in [1.165, 1.54) is 0 Å².